The van der Waals surface area contributed by atoms with Crippen molar-refractivity contribution in [3.05, 3.63) is 28.5 Å². The normalized spacial score (nSPS) is 18.1. The molecule has 22 heavy (non-hydrogen) atoms. The Morgan fingerprint density at radius 1 is 1.50 bits per heavy atom. The zero-order chi connectivity index (χ0) is 16.1. The summed E-state index contributed by atoms with van der Waals surface area (Å²) >= 11 is 3.15. The monoisotopic (exact) mass is 375 g/mol. The Kier molecular flexibility index (Phi) is 5.73. The van der Waals surface area contributed by atoms with Crippen molar-refractivity contribution >= 4 is 27.8 Å². The fraction of sp³-hybridized carbons (Fsp3) is 0.429. The minimum Gasteiger partial charge on any atom is -0.483 e. The van der Waals surface area contributed by atoms with E-state index in [0.717, 1.165) is 0 Å². The number of rotatable bonds is 5. The van der Waals surface area contributed by atoms with Crippen molar-refractivity contribution in [3.63, 3.8) is 0 Å². The minimum absolute atomic E-state index is 0.145. The van der Waals surface area contributed by atoms with Gasteiger partial charge in [-0.3, -0.25) is 9.59 Å². The summed E-state index contributed by atoms with van der Waals surface area (Å²) in [6.45, 7) is 0.704. The predicted octanol–water partition coefficient (Wildman–Crippen LogP) is 1.67. The van der Waals surface area contributed by atoms with Gasteiger partial charge in [-0.15, -0.1) is 0 Å². The standard InChI is InChI=1S/C14H15BrFNO5/c15-11-5-9(16)1-2-12(11)22-8-13(18)17-3-4-21-10(7-17)6-14(19)20/h1-2,5,10H,3-4,6-8H2,(H,19,20). The number of carbonyl (C=O) groups excluding carboxylic acids is 1. The molecule has 1 aromatic carbocycles. The van der Waals surface area contributed by atoms with Crippen LogP contribution in [0, 0.1) is 5.82 Å². The Morgan fingerprint density at radius 3 is 2.95 bits per heavy atom. The molecule has 1 aliphatic rings. The van der Waals surface area contributed by atoms with Crippen molar-refractivity contribution in [1.82, 2.24) is 4.90 Å². The van der Waals surface area contributed by atoms with Crippen LogP contribution in [0.2, 0.25) is 0 Å². The van der Waals surface area contributed by atoms with Gasteiger partial charge in [-0.1, -0.05) is 0 Å². The second kappa shape index (κ2) is 7.55. The van der Waals surface area contributed by atoms with Gasteiger partial charge in [-0.05, 0) is 34.1 Å². The highest BCUT2D eigenvalue weighted by atomic mass is 79.9. The summed E-state index contributed by atoms with van der Waals surface area (Å²) in [5.74, 6) is -1.28. The molecule has 1 aromatic rings. The molecule has 120 valence electrons. The lowest BCUT2D eigenvalue weighted by Gasteiger charge is -2.32. The van der Waals surface area contributed by atoms with Gasteiger partial charge in [0, 0.05) is 13.1 Å². The average Bonchev–Trinajstić information content (AvgIpc) is 2.45. The highest BCUT2D eigenvalue weighted by Gasteiger charge is 2.26. The predicted molar refractivity (Wildman–Crippen MR) is 78.2 cm³/mol. The Bertz CT molecular complexity index is 568. The Morgan fingerprint density at radius 2 is 2.27 bits per heavy atom. The number of carboxylic acid groups (broad SMARTS) is 1. The van der Waals surface area contributed by atoms with Crippen LogP contribution in [0.1, 0.15) is 6.42 Å². The average molecular weight is 376 g/mol. The van der Waals surface area contributed by atoms with Gasteiger partial charge in [0.05, 0.1) is 23.6 Å². The van der Waals surface area contributed by atoms with Crippen LogP contribution in [0.3, 0.4) is 0 Å². The van der Waals surface area contributed by atoms with Gasteiger partial charge in [0.25, 0.3) is 5.91 Å². The van der Waals surface area contributed by atoms with Gasteiger partial charge in [0.15, 0.2) is 6.61 Å². The number of carboxylic acids is 1. The molecule has 0 aliphatic carbocycles. The molecule has 0 radical (unpaired) electrons. The molecule has 1 amide bonds. The van der Waals surface area contributed by atoms with Crippen LogP contribution < -0.4 is 4.74 Å². The van der Waals surface area contributed by atoms with Gasteiger partial charge in [-0.25, -0.2) is 4.39 Å². The van der Waals surface area contributed by atoms with Crippen molar-refractivity contribution in [1.29, 1.82) is 0 Å². The van der Waals surface area contributed by atoms with Crippen LogP contribution in [0.4, 0.5) is 4.39 Å². The summed E-state index contributed by atoms with van der Waals surface area (Å²) < 4.78 is 24.0. The van der Waals surface area contributed by atoms with E-state index in [9.17, 15) is 14.0 Å². The van der Waals surface area contributed by atoms with Crippen LogP contribution in [0.25, 0.3) is 0 Å². The third kappa shape index (κ3) is 4.67. The van der Waals surface area contributed by atoms with Crippen LogP contribution in [0.5, 0.6) is 5.75 Å². The Labute approximate surface area is 134 Å². The lowest BCUT2D eigenvalue weighted by atomic mass is 10.2. The SMILES string of the molecule is O=C(O)CC1CN(C(=O)COc2ccc(F)cc2Br)CCO1. The zero-order valence-corrected chi connectivity index (χ0v) is 13.2. The maximum atomic E-state index is 13.0. The summed E-state index contributed by atoms with van der Waals surface area (Å²) in [6.07, 6.45) is -0.651. The lowest BCUT2D eigenvalue weighted by molar-refractivity contribution is -0.148. The third-order valence-electron chi connectivity index (χ3n) is 3.14. The van der Waals surface area contributed by atoms with E-state index >= 15 is 0 Å². The molecule has 6 nitrogen and oxygen atoms in total. The largest absolute Gasteiger partial charge is 0.483 e. The molecular formula is C14H15BrFNO5. The van der Waals surface area contributed by atoms with Crippen molar-refractivity contribution < 1.29 is 28.6 Å². The molecule has 2 rings (SSSR count). The van der Waals surface area contributed by atoms with E-state index in [4.69, 9.17) is 14.6 Å². The molecule has 1 unspecified atom stereocenters. The van der Waals surface area contributed by atoms with Crippen LogP contribution in [-0.4, -0.2) is 54.3 Å². The number of benzene rings is 1. The van der Waals surface area contributed by atoms with Gasteiger partial charge in [0.1, 0.15) is 11.6 Å². The molecule has 1 fully saturated rings. The van der Waals surface area contributed by atoms with Crippen molar-refractivity contribution in [2.75, 3.05) is 26.3 Å². The molecule has 0 bridgehead atoms. The molecule has 1 saturated heterocycles. The van der Waals surface area contributed by atoms with Gasteiger partial charge in [-0.2, -0.15) is 0 Å². The second-order valence-electron chi connectivity index (χ2n) is 4.79. The number of aliphatic carboxylic acids is 1. The number of ether oxygens (including phenoxy) is 2. The number of morpholine rings is 1. The number of carbonyl (C=O) groups is 2. The van der Waals surface area contributed by atoms with E-state index in [1.165, 1.54) is 23.1 Å². The molecule has 0 spiro atoms. The third-order valence-corrected chi connectivity index (χ3v) is 3.76. The lowest BCUT2D eigenvalue weighted by Crippen LogP contribution is -2.47. The smallest absolute Gasteiger partial charge is 0.306 e. The van der Waals surface area contributed by atoms with E-state index in [1.807, 2.05) is 0 Å². The quantitative estimate of drug-likeness (QED) is 0.846. The molecule has 0 aromatic heterocycles. The maximum Gasteiger partial charge on any atom is 0.306 e. The van der Waals surface area contributed by atoms with Gasteiger partial charge in [0.2, 0.25) is 0 Å². The molecule has 1 N–H and O–H groups in total. The van der Waals surface area contributed by atoms with Crippen molar-refractivity contribution in [2.24, 2.45) is 0 Å². The fourth-order valence-corrected chi connectivity index (χ4v) is 2.55. The summed E-state index contributed by atoms with van der Waals surface area (Å²) in [6, 6.07) is 3.92. The topological polar surface area (TPSA) is 76.1 Å². The molecule has 0 saturated carbocycles. The first-order chi connectivity index (χ1) is 10.5. The van der Waals surface area contributed by atoms with Crippen molar-refractivity contribution in [2.45, 2.75) is 12.5 Å². The highest BCUT2D eigenvalue weighted by Crippen LogP contribution is 2.25. The van der Waals surface area contributed by atoms with E-state index < -0.39 is 17.9 Å². The first-order valence-corrected chi connectivity index (χ1v) is 7.44. The first-order valence-electron chi connectivity index (χ1n) is 6.64. The molecular weight excluding hydrogens is 361 g/mol. The molecule has 1 aliphatic heterocycles. The number of hydrogen-bond acceptors (Lipinski definition) is 4. The number of amides is 1. The summed E-state index contributed by atoms with van der Waals surface area (Å²) in [5.41, 5.74) is 0. The summed E-state index contributed by atoms with van der Waals surface area (Å²) in [4.78, 5) is 24.3. The first kappa shape index (κ1) is 16.7. The molecule has 8 heteroatoms. The van der Waals surface area contributed by atoms with E-state index in [1.54, 1.807) is 0 Å². The van der Waals surface area contributed by atoms with Crippen molar-refractivity contribution in [3.8, 4) is 5.75 Å². The van der Waals surface area contributed by atoms with E-state index in [-0.39, 0.29) is 25.5 Å². The summed E-state index contributed by atoms with van der Waals surface area (Å²) in [7, 11) is 0. The highest BCUT2D eigenvalue weighted by molar-refractivity contribution is 9.10. The van der Waals surface area contributed by atoms with Gasteiger partial charge >= 0.3 is 5.97 Å². The van der Waals surface area contributed by atoms with Crippen LogP contribution in [0.15, 0.2) is 22.7 Å². The fourth-order valence-electron chi connectivity index (χ4n) is 2.09. The number of halogens is 2. The number of nitrogens with zero attached hydrogens (tertiary/aromatic N) is 1. The molecule has 1 atom stereocenters. The van der Waals surface area contributed by atoms with Gasteiger partial charge < -0.3 is 19.5 Å². The second-order valence-corrected chi connectivity index (χ2v) is 5.65. The minimum atomic E-state index is -0.967. The summed E-state index contributed by atoms with van der Waals surface area (Å²) in [5, 5.41) is 8.75. The Balaban J connectivity index is 1.87. The zero-order valence-electron chi connectivity index (χ0n) is 11.6. The Hall–Kier alpha value is -1.67. The maximum absolute atomic E-state index is 13.0. The number of hydrogen-bond donors (Lipinski definition) is 1. The molecule has 1 heterocycles. The van der Waals surface area contributed by atoms with E-state index in [2.05, 4.69) is 15.9 Å². The van der Waals surface area contributed by atoms with E-state index in [0.29, 0.717) is 23.4 Å². The van der Waals surface area contributed by atoms with Crippen LogP contribution >= 0.6 is 15.9 Å². The van der Waals surface area contributed by atoms with Crippen LogP contribution in [-0.2, 0) is 14.3 Å².